The number of unbranched alkanes of at least 4 members (excludes halogenated alkanes) is 5. The molecule has 88 valence electrons. The smallest absolute Gasteiger partial charge is 0.214 e. The average Bonchev–Trinajstić information content (AvgIpc) is 2.16. The number of nitrogens with one attached hydrogen (secondary N) is 1. The van der Waals surface area contributed by atoms with Crippen molar-refractivity contribution in [3.8, 4) is 6.07 Å². The maximum absolute atomic E-state index is 11.0. The monoisotopic (exact) mass is 232 g/mol. The fourth-order valence-corrected chi connectivity index (χ4v) is 2.00. The Morgan fingerprint density at radius 2 is 1.73 bits per heavy atom. The highest BCUT2D eigenvalue weighted by atomic mass is 32.2. The lowest BCUT2D eigenvalue weighted by atomic mass is 10.1. The molecule has 0 aromatic rings. The van der Waals surface area contributed by atoms with Gasteiger partial charge in [0.1, 0.15) is 0 Å². The molecule has 0 saturated heterocycles. The van der Waals surface area contributed by atoms with Gasteiger partial charge in [-0.1, -0.05) is 39.0 Å². The van der Waals surface area contributed by atoms with Gasteiger partial charge >= 0.3 is 0 Å². The van der Waals surface area contributed by atoms with Crippen LogP contribution in [-0.2, 0) is 10.0 Å². The molecule has 0 rings (SSSR count). The molecule has 0 aliphatic carbocycles. The predicted molar refractivity (Wildman–Crippen MR) is 60.8 cm³/mol. The van der Waals surface area contributed by atoms with Crippen molar-refractivity contribution in [3.05, 3.63) is 0 Å². The van der Waals surface area contributed by atoms with E-state index in [1.165, 1.54) is 19.3 Å². The van der Waals surface area contributed by atoms with Gasteiger partial charge in [0.05, 0.1) is 6.07 Å². The third kappa shape index (κ3) is 9.70. The molecule has 1 N–H and O–H groups in total. The van der Waals surface area contributed by atoms with E-state index in [1.54, 1.807) is 6.07 Å². The zero-order valence-corrected chi connectivity index (χ0v) is 10.1. The summed E-state index contributed by atoms with van der Waals surface area (Å²) in [6, 6.07) is 1.63. The molecule has 0 aliphatic rings. The van der Waals surface area contributed by atoms with E-state index in [0.29, 0.717) is 6.54 Å². The Hall–Kier alpha value is -0.600. The molecule has 0 saturated carbocycles. The first-order valence-corrected chi connectivity index (χ1v) is 7.12. The molecule has 15 heavy (non-hydrogen) atoms. The summed E-state index contributed by atoms with van der Waals surface area (Å²) in [7, 11) is -3.34. The molecule has 0 amide bonds. The van der Waals surface area contributed by atoms with Crippen LogP contribution in [0.2, 0.25) is 0 Å². The molecule has 0 aromatic carbocycles. The Balaban J connectivity index is 3.36. The summed E-state index contributed by atoms with van der Waals surface area (Å²) in [6.07, 6.45) is 6.76. The van der Waals surface area contributed by atoms with Gasteiger partial charge in [-0.15, -0.1) is 0 Å². The quantitative estimate of drug-likeness (QED) is 0.616. The zero-order valence-electron chi connectivity index (χ0n) is 9.33. The highest BCUT2D eigenvalue weighted by molar-refractivity contribution is 7.89. The van der Waals surface area contributed by atoms with Gasteiger partial charge in [-0.25, -0.2) is 13.1 Å². The standard InChI is InChI=1S/C10H20N2O2S/c1-2-3-4-5-6-7-9-12-15(13,14)10-8-11/h12H,2-7,9-10H2,1H3. The van der Waals surface area contributed by atoms with Gasteiger partial charge in [-0.2, -0.15) is 5.26 Å². The number of nitriles is 1. The van der Waals surface area contributed by atoms with Crippen LogP contribution >= 0.6 is 0 Å². The second-order valence-corrected chi connectivity index (χ2v) is 5.39. The molecule has 0 bridgehead atoms. The van der Waals surface area contributed by atoms with Crippen LogP contribution in [0.1, 0.15) is 45.4 Å². The second kappa shape index (κ2) is 8.69. The topological polar surface area (TPSA) is 70.0 Å². The van der Waals surface area contributed by atoms with E-state index < -0.39 is 15.8 Å². The maximum Gasteiger partial charge on any atom is 0.225 e. The molecule has 0 heterocycles. The maximum atomic E-state index is 11.0. The van der Waals surface area contributed by atoms with Crippen molar-refractivity contribution in [2.24, 2.45) is 0 Å². The van der Waals surface area contributed by atoms with Crippen molar-refractivity contribution < 1.29 is 8.42 Å². The summed E-state index contributed by atoms with van der Waals surface area (Å²) >= 11 is 0. The molecule has 0 radical (unpaired) electrons. The third-order valence-electron chi connectivity index (χ3n) is 2.11. The molecule has 4 nitrogen and oxygen atoms in total. The summed E-state index contributed by atoms with van der Waals surface area (Å²) in [4.78, 5) is 0. The van der Waals surface area contributed by atoms with Crippen LogP contribution in [0, 0.1) is 11.3 Å². The minimum Gasteiger partial charge on any atom is -0.214 e. The predicted octanol–water partition coefficient (Wildman–Crippen LogP) is 1.79. The summed E-state index contributed by atoms with van der Waals surface area (Å²) in [5.74, 6) is -0.442. The van der Waals surface area contributed by atoms with Crippen LogP contribution in [0.4, 0.5) is 0 Å². The molecule has 0 fully saturated rings. The van der Waals surface area contributed by atoms with Crippen molar-refractivity contribution in [3.63, 3.8) is 0 Å². The van der Waals surface area contributed by atoms with E-state index in [-0.39, 0.29) is 0 Å². The van der Waals surface area contributed by atoms with Gasteiger partial charge in [-0.3, -0.25) is 0 Å². The first-order valence-electron chi connectivity index (χ1n) is 5.46. The SMILES string of the molecule is CCCCCCCCNS(=O)(=O)CC#N. The van der Waals surface area contributed by atoms with Crippen LogP contribution < -0.4 is 4.72 Å². The molecule has 0 atom stereocenters. The largest absolute Gasteiger partial charge is 0.225 e. The minimum absolute atomic E-state index is 0.442. The van der Waals surface area contributed by atoms with Crippen LogP contribution in [-0.4, -0.2) is 20.7 Å². The van der Waals surface area contributed by atoms with Crippen LogP contribution in [0.3, 0.4) is 0 Å². The van der Waals surface area contributed by atoms with E-state index in [2.05, 4.69) is 11.6 Å². The van der Waals surface area contributed by atoms with E-state index in [9.17, 15) is 8.42 Å². The fourth-order valence-electron chi connectivity index (χ4n) is 1.27. The van der Waals surface area contributed by atoms with Gasteiger partial charge in [0.2, 0.25) is 10.0 Å². The summed E-state index contributed by atoms with van der Waals surface area (Å²) < 4.78 is 24.5. The first kappa shape index (κ1) is 14.4. The first-order chi connectivity index (χ1) is 7.12. The third-order valence-corrected chi connectivity index (χ3v) is 3.26. The van der Waals surface area contributed by atoms with Crippen LogP contribution in [0.5, 0.6) is 0 Å². The number of sulfonamides is 1. The van der Waals surface area contributed by atoms with E-state index in [0.717, 1.165) is 19.3 Å². The summed E-state index contributed by atoms with van der Waals surface area (Å²) in [6.45, 7) is 2.62. The highest BCUT2D eigenvalue weighted by Crippen LogP contribution is 2.04. The van der Waals surface area contributed by atoms with Crippen molar-refractivity contribution in [1.29, 1.82) is 5.26 Å². The van der Waals surface area contributed by atoms with Gasteiger partial charge < -0.3 is 0 Å². The van der Waals surface area contributed by atoms with Gasteiger partial charge in [0.15, 0.2) is 5.75 Å². The number of hydrogen-bond donors (Lipinski definition) is 1. The van der Waals surface area contributed by atoms with E-state index >= 15 is 0 Å². The van der Waals surface area contributed by atoms with Crippen LogP contribution in [0.15, 0.2) is 0 Å². The Morgan fingerprint density at radius 3 is 2.33 bits per heavy atom. The van der Waals surface area contributed by atoms with Gasteiger partial charge in [0, 0.05) is 6.54 Å². The number of rotatable bonds is 9. The molecule has 0 aliphatic heterocycles. The van der Waals surface area contributed by atoms with Crippen LogP contribution in [0.25, 0.3) is 0 Å². The molecule has 0 spiro atoms. The Bertz CT molecular complexity index is 280. The Morgan fingerprint density at radius 1 is 1.13 bits per heavy atom. The number of nitrogens with zero attached hydrogens (tertiary/aromatic N) is 1. The molecular formula is C10H20N2O2S. The summed E-state index contributed by atoms with van der Waals surface area (Å²) in [5, 5.41) is 8.23. The van der Waals surface area contributed by atoms with Crippen molar-refractivity contribution in [2.75, 3.05) is 12.3 Å². The number of hydrogen-bond acceptors (Lipinski definition) is 3. The molecule has 5 heteroatoms. The normalized spacial score (nSPS) is 11.2. The Labute approximate surface area is 92.7 Å². The molecular weight excluding hydrogens is 212 g/mol. The molecule has 0 unspecified atom stereocenters. The van der Waals surface area contributed by atoms with E-state index in [4.69, 9.17) is 5.26 Å². The molecule has 0 aromatic heterocycles. The van der Waals surface area contributed by atoms with Gasteiger partial charge in [-0.05, 0) is 6.42 Å². The average molecular weight is 232 g/mol. The lowest BCUT2D eigenvalue weighted by Gasteiger charge is -2.03. The van der Waals surface area contributed by atoms with Crippen molar-refractivity contribution in [2.45, 2.75) is 45.4 Å². The fraction of sp³-hybridized carbons (Fsp3) is 0.900. The Kier molecular flexibility index (Phi) is 8.34. The van der Waals surface area contributed by atoms with Crippen molar-refractivity contribution >= 4 is 10.0 Å². The minimum atomic E-state index is -3.34. The van der Waals surface area contributed by atoms with E-state index in [1.807, 2.05) is 0 Å². The lowest BCUT2D eigenvalue weighted by Crippen LogP contribution is -2.26. The van der Waals surface area contributed by atoms with Gasteiger partial charge in [0.25, 0.3) is 0 Å². The van der Waals surface area contributed by atoms with Crippen molar-refractivity contribution in [1.82, 2.24) is 4.72 Å². The lowest BCUT2D eigenvalue weighted by molar-refractivity contribution is 0.570. The summed E-state index contributed by atoms with van der Waals surface area (Å²) in [5.41, 5.74) is 0. The zero-order chi connectivity index (χ0) is 11.6. The second-order valence-electron chi connectivity index (χ2n) is 3.58. The highest BCUT2D eigenvalue weighted by Gasteiger charge is 2.06.